The van der Waals surface area contributed by atoms with Gasteiger partial charge in [-0.15, -0.1) is 0 Å². The van der Waals surface area contributed by atoms with Crippen molar-refractivity contribution >= 4 is 28.5 Å². The van der Waals surface area contributed by atoms with Crippen LogP contribution in [0.25, 0.3) is 11.0 Å². The van der Waals surface area contributed by atoms with Crippen molar-refractivity contribution < 1.29 is 19.2 Å². The molecule has 4 rings (SSSR count). The summed E-state index contributed by atoms with van der Waals surface area (Å²) in [7, 11) is 0. The zero-order valence-electron chi connectivity index (χ0n) is 20.5. The molecule has 0 aliphatic rings. The van der Waals surface area contributed by atoms with Crippen molar-refractivity contribution in [3.8, 4) is 5.75 Å². The molecule has 0 aliphatic heterocycles. The molecule has 4 aromatic rings. The van der Waals surface area contributed by atoms with Crippen LogP contribution < -0.4 is 16.2 Å². The lowest BCUT2D eigenvalue weighted by molar-refractivity contribution is -0.385. The number of para-hydroxylation sites is 1. The minimum absolute atomic E-state index is 0.0855. The normalized spacial score (nSPS) is 10.8. The average molecular weight is 518 g/mol. The lowest BCUT2D eigenvalue weighted by Gasteiger charge is -2.22. The van der Waals surface area contributed by atoms with Gasteiger partial charge in [0.05, 0.1) is 41.1 Å². The lowest BCUT2D eigenvalue weighted by atomic mass is 10.1. The number of aromatic amines is 1. The first kappa shape index (κ1) is 26.1. The van der Waals surface area contributed by atoms with E-state index >= 15 is 0 Å². The summed E-state index contributed by atoms with van der Waals surface area (Å²) in [6, 6.07) is 20.9. The van der Waals surface area contributed by atoms with Crippen molar-refractivity contribution in [2.24, 2.45) is 5.73 Å². The molecule has 0 saturated heterocycles. The molecule has 0 bridgehead atoms. The predicted octanol–water partition coefficient (Wildman–Crippen LogP) is 2.76. The Labute approximate surface area is 217 Å². The molecule has 11 nitrogen and oxygen atoms in total. The van der Waals surface area contributed by atoms with Gasteiger partial charge in [0.15, 0.2) is 0 Å². The van der Waals surface area contributed by atoms with Crippen LogP contribution in [0.1, 0.15) is 17.5 Å². The van der Waals surface area contributed by atoms with Crippen LogP contribution in [0.5, 0.6) is 5.75 Å². The van der Waals surface area contributed by atoms with E-state index in [2.05, 4.69) is 4.98 Å². The summed E-state index contributed by atoms with van der Waals surface area (Å²) in [6.45, 7) is 0.274. The van der Waals surface area contributed by atoms with Crippen molar-refractivity contribution in [2.45, 2.75) is 25.9 Å². The van der Waals surface area contributed by atoms with Crippen molar-refractivity contribution in [1.29, 1.82) is 0 Å². The first-order chi connectivity index (χ1) is 18.3. The summed E-state index contributed by atoms with van der Waals surface area (Å²) >= 11 is 0. The van der Waals surface area contributed by atoms with E-state index in [1.165, 1.54) is 21.6 Å². The molecule has 3 aromatic carbocycles. The van der Waals surface area contributed by atoms with E-state index in [1.54, 1.807) is 24.3 Å². The number of rotatable bonds is 12. The third-order valence-electron chi connectivity index (χ3n) is 5.99. The number of imidazole rings is 1. The van der Waals surface area contributed by atoms with E-state index in [-0.39, 0.29) is 36.4 Å². The van der Waals surface area contributed by atoms with Crippen LogP contribution in [-0.4, -0.2) is 44.3 Å². The Morgan fingerprint density at radius 2 is 1.71 bits per heavy atom. The minimum Gasteiger partial charge on any atom is -0.494 e. The smallest absolute Gasteiger partial charge is 0.326 e. The summed E-state index contributed by atoms with van der Waals surface area (Å²) in [6.07, 6.45) is 0.0468. The molecule has 1 aromatic heterocycles. The molecule has 0 aliphatic carbocycles. The van der Waals surface area contributed by atoms with Gasteiger partial charge in [-0.3, -0.25) is 24.3 Å². The van der Waals surface area contributed by atoms with Gasteiger partial charge in [-0.2, -0.15) is 0 Å². The molecule has 196 valence electrons. The number of carbonyl (C=O) groups excluding carboxylic acids is 2. The summed E-state index contributed by atoms with van der Waals surface area (Å²) < 4.78 is 7.08. The molecule has 2 amide bonds. The molecule has 0 atom stereocenters. The molecular formula is C27H27N5O6. The van der Waals surface area contributed by atoms with Gasteiger partial charge in [-0.1, -0.05) is 48.5 Å². The number of aromatic nitrogens is 2. The van der Waals surface area contributed by atoms with Gasteiger partial charge in [-0.05, 0) is 30.2 Å². The van der Waals surface area contributed by atoms with Crippen LogP contribution in [-0.2, 0) is 29.1 Å². The third kappa shape index (κ3) is 6.25. The first-order valence-corrected chi connectivity index (χ1v) is 12.0. The fraction of sp³-hybridized carbons (Fsp3) is 0.222. The number of nitrogens with one attached hydrogen (secondary N) is 1. The number of nitro groups is 1. The van der Waals surface area contributed by atoms with Crippen molar-refractivity contribution in [2.75, 3.05) is 13.2 Å². The highest BCUT2D eigenvalue weighted by atomic mass is 16.6. The number of hydrogen-bond acceptors (Lipinski definition) is 6. The SMILES string of the molecule is NC(=O)CN(Cc1ccccc1)C(=O)Cc1c([N+](=O)[O-])ccc2[nH]c(=O)n(CCCOc3ccccc3)c12. The van der Waals surface area contributed by atoms with Gasteiger partial charge < -0.3 is 20.4 Å². The Hall–Kier alpha value is -4.93. The van der Waals surface area contributed by atoms with Crippen molar-refractivity contribution in [3.63, 3.8) is 0 Å². The van der Waals surface area contributed by atoms with E-state index in [0.29, 0.717) is 24.3 Å². The Kier molecular flexibility index (Phi) is 8.17. The zero-order chi connectivity index (χ0) is 27.1. The van der Waals surface area contributed by atoms with Gasteiger partial charge in [0, 0.05) is 19.2 Å². The maximum absolute atomic E-state index is 13.4. The maximum atomic E-state index is 13.4. The highest BCUT2D eigenvalue weighted by Gasteiger charge is 2.26. The third-order valence-corrected chi connectivity index (χ3v) is 5.99. The van der Waals surface area contributed by atoms with Crippen LogP contribution in [0.2, 0.25) is 0 Å². The maximum Gasteiger partial charge on any atom is 0.326 e. The van der Waals surface area contributed by atoms with E-state index in [1.807, 2.05) is 36.4 Å². The molecule has 38 heavy (non-hydrogen) atoms. The molecular weight excluding hydrogens is 490 g/mol. The topological polar surface area (TPSA) is 154 Å². The first-order valence-electron chi connectivity index (χ1n) is 12.0. The Bertz CT molecular complexity index is 1500. The van der Waals surface area contributed by atoms with Gasteiger partial charge >= 0.3 is 5.69 Å². The second-order valence-corrected chi connectivity index (χ2v) is 8.69. The van der Waals surface area contributed by atoms with E-state index in [4.69, 9.17) is 10.5 Å². The average Bonchev–Trinajstić information content (AvgIpc) is 3.22. The number of carbonyl (C=O) groups is 2. The highest BCUT2D eigenvalue weighted by molar-refractivity contribution is 5.91. The minimum atomic E-state index is -0.709. The summed E-state index contributed by atoms with van der Waals surface area (Å²) in [4.78, 5) is 53.2. The molecule has 11 heteroatoms. The molecule has 0 spiro atoms. The number of primary amides is 1. The van der Waals surface area contributed by atoms with Crippen molar-refractivity contribution in [3.05, 3.63) is 105 Å². The monoisotopic (exact) mass is 517 g/mol. The fourth-order valence-electron chi connectivity index (χ4n) is 4.29. The fourth-order valence-corrected chi connectivity index (χ4v) is 4.29. The molecule has 1 heterocycles. The summed E-state index contributed by atoms with van der Waals surface area (Å²) in [5.74, 6) is -0.552. The van der Waals surface area contributed by atoms with Gasteiger partial charge in [0.2, 0.25) is 11.8 Å². The van der Waals surface area contributed by atoms with Crippen LogP contribution in [0.15, 0.2) is 77.6 Å². The highest BCUT2D eigenvalue weighted by Crippen LogP contribution is 2.28. The Morgan fingerprint density at radius 3 is 2.37 bits per heavy atom. The number of hydrogen-bond donors (Lipinski definition) is 2. The number of nitrogens with two attached hydrogens (primary N) is 1. The van der Waals surface area contributed by atoms with Crippen LogP contribution in [0.4, 0.5) is 5.69 Å². The number of nitrogens with zero attached hydrogens (tertiary/aromatic N) is 3. The van der Waals surface area contributed by atoms with Crippen LogP contribution in [0, 0.1) is 10.1 Å². The van der Waals surface area contributed by atoms with Crippen LogP contribution >= 0.6 is 0 Å². The van der Waals surface area contributed by atoms with Gasteiger partial charge in [0.25, 0.3) is 5.69 Å². The van der Waals surface area contributed by atoms with E-state index < -0.39 is 28.8 Å². The molecule has 0 unspecified atom stereocenters. The largest absolute Gasteiger partial charge is 0.494 e. The molecule has 0 saturated carbocycles. The van der Waals surface area contributed by atoms with E-state index in [0.717, 1.165) is 5.56 Å². The molecule has 0 fully saturated rings. The van der Waals surface area contributed by atoms with Crippen molar-refractivity contribution in [1.82, 2.24) is 14.5 Å². The number of amides is 2. The number of benzene rings is 3. The number of aryl methyl sites for hydroxylation is 1. The number of ether oxygens (including phenoxy) is 1. The standard InChI is InChI=1S/C27H27N5O6/c28-24(33)18-30(17-19-8-3-1-4-9-19)25(34)16-21-23(32(36)37)13-12-22-26(21)31(27(35)29-22)14-7-15-38-20-10-5-2-6-11-20/h1-6,8-13H,7,14-18H2,(H2,28,33)(H,29,35). The quantitative estimate of drug-likeness (QED) is 0.167. The van der Waals surface area contributed by atoms with Gasteiger partial charge in [-0.25, -0.2) is 4.79 Å². The second-order valence-electron chi connectivity index (χ2n) is 8.69. The second kappa shape index (κ2) is 11.9. The zero-order valence-corrected chi connectivity index (χ0v) is 20.5. The van der Waals surface area contributed by atoms with E-state index in [9.17, 15) is 24.5 Å². The number of nitro benzene ring substituents is 1. The van der Waals surface area contributed by atoms with Crippen LogP contribution in [0.3, 0.4) is 0 Å². The predicted molar refractivity (Wildman–Crippen MR) is 141 cm³/mol. The lowest BCUT2D eigenvalue weighted by Crippen LogP contribution is -2.39. The number of H-pyrrole nitrogens is 1. The Balaban J connectivity index is 1.63. The molecule has 3 N–H and O–H groups in total. The Morgan fingerprint density at radius 1 is 1.03 bits per heavy atom. The molecule has 0 radical (unpaired) electrons. The summed E-state index contributed by atoms with van der Waals surface area (Å²) in [5, 5.41) is 11.9. The van der Waals surface area contributed by atoms with Gasteiger partial charge in [0.1, 0.15) is 5.75 Å². The summed E-state index contributed by atoms with van der Waals surface area (Å²) in [5.41, 5.74) is 6.14. The number of fused-ring (bicyclic) bond motifs is 1.